The fourth-order valence-corrected chi connectivity index (χ4v) is 2.24. The number of pyridine rings is 1. The average Bonchev–Trinajstić information content (AvgIpc) is 2.60. The molecule has 0 spiro atoms. The van der Waals surface area contributed by atoms with Gasteiger partial charge >= 0.3 is 5.97 Å². The fraction of sp³-hybridized carbons (Fsp3) is 0.368. The maximum absolute atomic E-state index is 11.5. The molecule has 0 unspecified atom stereocenters. The van der Waals surface area contributed by atoms with Crippen molar-refractivity contribution in [2.24, 2.45) is 0 Å². The Balaban J connectivity index is 1.78. The van der Waals surface area contributed by atoms with Gasteiger partial charge in [0.15, 0.2) is 0 Å². The third-order valence-electron chi connectivity index (χ3n) is 3.53. The average molecular weight is 328 g/mol. The molecule has 0 saturated heterocycles. The van der Waals surface area contributed by atoms with Gasteiger partial charge in [0.1, 0.15) is 0 Å². The number of anilines is 1. The van der Waals surface area contributed by atoms with Gasteiger partial charge in [0, 0.05) is 32.0 Å². The summed E-state index contributed by atoms with van der Waals surface area (Å²) >= 11 is 0. The van der Waals surface area contributed by atoms with Crippen molar-refractivity contribution in [1.29, 1.82) is 0 Å². The second-order valence-electron chi connectivity index (χ2n) is 5.62. The fourth-order valence-electron chi connectivity index (χ4n) is 2.24. The first-order valence-corrected chi connectivity index (χ1v) is 8.12. The van der Waals surface area contributed by atoms with Gasteiger partial charge in [0.25, 0.3) is 0 Å². The molecule has 0 amide bonds. The number of carbonyl (C=O) groups is 1. The quantitative estimate of drug-likeness (QED) is 0.549. The summed E-state index contributed by atoms with van der Waals surface area (Å²) in [7, 11) is 4.07. The van der Waals surface area contributed by atoms with E-state index in [1.54, 1.807) is 19.1 Å². The van der Waals surface area contributed by atoms with Gasteiger partial charge in [-0.1, -0.05) is 12.1 Å². The van der Waals surface area contributed by atoms with Crippen LogP contribution in [-0.4, -0.2) is 38.3 Å². The van der Waals surface area contributed by atoms with Crippen LogP contribution in [0.3, 0.4) is 0 Å². The van der Waals surface area contributed by atoms with Gasteiger partial charge < -0.3 is 14.4 Å². The lowest BCUT2D eigenvalue weighted by atomic mass is 10.1. The topological polar surface area (TPSA) is 51.7 Å². The lowest BCUT2D eigenvalue weighted by molar-refractivity contribution is 0.0526. The van der Waals surface area contributed by atoms with Crippen LogP contribution in [0.5, 0.6) is 5.88 Å². The second-order valence-corrected chi connectivity index (χ2v) is 5.62. The molecule has 0 saturated carbocycles. The molecule has 2 rings (SSSR count). The number of benzene rings is 1. The number of rotatable bonds is 8. The number of esters is 1. The molecule has 5 heteroatoms. The molecule has 5 nitrogen and oxygen atoms in total. The number of hydrogen-bond donors (Lipinski definition) is 0. The summed E-state index contributed by atoms with van der Waals surface area (Å²) in [6.07, 6.45) is 3.33. The Bertz CT molecular complexity index is 654. The lowest BCUT2D eigenvalue weighted by Gasteiger charge is -2.13. The van der Waals surface area contributed by atoms with Crippen molar-refractivity contribution < 1.29 is 14.3 Å². The van der Waals surface area contributed by atoms with Crippen LogP contribution < -0.4 is 9.64 Å². The molecule has 0 N–H and O–H groups in total. The summed E-state index contributed by atoms with van der Waals surface area (Å²) in [5.41, 5.74) is 2.92. The van der Waals surface area contributed by atoms with E-state index in [9.17, 15) is 4.79 Å². The summed E-state index contributed by atoms with van der Waals surface area (Å²) in [5, 5.41) is 0. The van der Waals surface area contributed by atoms with E-state index < -0.39 is 0 Å². The van der Waals surface area contributed by atoms with E-state index in [0.717, 1.165) is 12.8 Å². The van der Waals surface area contributed by atoms with E-state index in [2.05, 4.69) is 34.1 Å². The molecule has 24 heavy (non-hydrogen) atoms. The van der Waals surface area contributed by atoms with E-state index in [4.69, 9.17) is 9.47 Å². The number of carbonyl (C=O) groups excluding carboxylic acids is 1. The van der Waals surface area contributed by atoms with Gasteiger partial charge in [-0.2, -0.15) is 0 Å². The Morgan fingerprint density at radius 2 is 2.04 bits per heavy atom. The molecule has 0 aliphatic rings. The van der Waals surface area contributed by atoms with Crippen molar-refractivity contribution >= 4 is 11.7 Å². The minimum atomic E-state index is -0.364. The summed E-state index contributed by atoms with van der Waals surface area (Å²) in [5.74, 6) is 0.155. The van der Waals surface area contributed by atoms with Crippen molar-refractivity contribution in [3.63, 3.8) is 0 Å². The molecule has 2 aromatic rings. The van der Waals surface area contributed by atoms with E-state index >= 15 is 0 Å². The minimum absolute atomic E-state index is 0.353. The first kappa shape index (κ1) is 17.8. The molecule has 0 atom stereocenters. The number of ether oxygens (including phenoxy) is 2. The first-order valence-electron chi connectivity index (χ1n) is 8.12. The molecular formula is C19H24N2O3. The number of hydrogen-bond acceptors (Lipinski definition) is 5. The Kier molecular flexibility index (Phi) is 6.61. The van der Waals surface area contributed by atoms with Crippen molar-refractivity contribution in [2.75, 3.05) is 32.2 Å². The van der Waals surface area contributed by atoms with Gasteiger partial charge in [-0.25, -0.2) is 9.78 Å². The van der Waals surface area contributed by atoms with Gasteiger partial charge in [0.2, 0.25) is 5.88 Å². The summed E-state index contributed by atoms with van der Waals surface area (Å²) < 4.78 is 10.5. The zero-order valence-corrected chi connectivity index (χ0v) is 14.5. The van der Waals surface area contributed by atoms with E-state index in [1.807, 2.05) is 14.1 Å². The first-order chi connectivity index (χ1) is 11.6. The monoisotopic (exact) mass is 328 g/mol. The van der Waals surface area contributed by atoms with Crippen molar-refractivity contribution in [3.05, 3.63) is 53.7 Å². The highest BCUT2D eigenvalue weighted by Gasteiger charge is 2.07. The Hall–Kier alpha value is -2.56. The third-order valence-corrected chi connectivity index (χ3v) is 3.53. The smallest absolute Gasteiger partial charge is 0.339 e. The lowest BCUT2D eigenvalue weighted by Crippen LogP contribution is -2.09. The Morgan fingerprint density at radius 3 is 2.71 bits per heavy atom. The molecule has 0 bridgehead atoms. The molecule has 0 aliphatic heterocycles. The van der Waals surface area contributed by atoms with Crippen LogP contribution in [0.2, 0.25) is 0 Å². The predicted molar refractivity (Wildman–Crippen MR) is 94.8 cm³/mol. The van der Waals surface area contributed by atoms with Crippen molar-refractivity contribution in [3.8, 4) is 5.88 Å². The molecular weight excluding hydrogens is 304 g/mol. The summed E-state index contributed by atoms with van der Waals surface area (Å²) in [6, 6.07) is 11.8. The summed E-state index contributed by atoms with van der Waals surface area (Å²) in [4.78, 5) is 17.8. The maximum Gasteiger partial charge on any atom is 0.339 e. The normalized spacial score (nSPS) is 10.3. The molecule has 0 fully saturated rings. The Labute approximate surface area is 143 Å². The van der Waals surface area contributed by atoms with Crippen LogP contribution in [0.25, 0.3) is 0 Å². The van der Waals surface area contributed by atoms with Gasteiger partial charge in [-0.3, -0.25) is 0 Å². The van der Waals surface area contributed by atoms with E-state index in [-0.39, 0.29) is 5.97 Å². The highest BCUT2D eigenvalue weighted by Crippen LogP contribution is 2.15. The van der Waals surface area contributed by atoms with E-state index in [1.165, 1.54) is 17.4 Å². The molecule has 0 radical (unpaired) electrons. The number of aryl methyl sites for hydroxylation is 1. The molecule has 1 aromatic carbocycles. The number of aromatic nitrogens is 1. The second kappa shape index (κ2) is 8.91. The minimum Gasteiger partial charge on any atom is -0.478 e. The van der Waals surface area contributed by atoms with Crippen LogP contribution in [0.1, 0.15) is 29.3 Å². The molecule has 128 valence electrons. The molecule has 1 heterocycles. The predicted octanol–water partition coefficient (Wildman–Crippen LogP) is 3.34. The van der Waals surface area contributed by atoms with Crippen LogP contribution in [0.4, 0.5) is 5.69 Å². The van der Waals surface area contributed by atoms with Crippen LogP contribution in [0, 0.1) is 0 Å². The largest absolute Gasteiger partial charge is 0.478 e. The maximum atomic E-state index is 11.5. The number of nitrogens with zero attached hydrogens (tertiary/aromatic N) is 2. The molecule has 0 aliphatic carbocycles. The Morgan fingerprint density at radius 1 is 1.21 bits per heavy atom. The van der Waals surface area contributed by atoms with Crippen LogP contribution >= 0.6 is 0 Å². The van der Waals surface area contributed by atoms with Crippen LogP contribution in [0.15, 0.2) is 42.6 Å². The van der Waals surface area contributed by atoms with Gasteiger partial charge in [-0.15, -0.1) is 0 Å². The molecule has 1 aromatic heterocycles. The van der Waals surface area contributed by atoms with Gasteiger partial charge in [-0.05, 0) is 43.5 Å². The SMILES string of the molecule is CCOC(=O)c1ccc(OCCCc2cccc(N(C)C)c2)nc1. The zero-order valence-electron chi connectivity index (χ0n) is 14.5. The van der Waals surface area contributed by atoms with Crippen LogP contribution in [-0.2, 0) is 11.2 Å². The van der Waals surface area contributed by atoms with Crippen molar-refractivity contribution in [1.82, 2.24) is 4.98 Å². The zero-order chi connectivity index (χ0) is 17.4. The third kappa shape index (κ3) is 5.26. The van der Waals surface area contributed by atoms with Gasteiger partial charge in [0.05, 0.1) is 18.8 Å². The highest BCUT2D eigenvalue weighted by molar-refractivity contribution is 5.89. The van der Waals surface area contributed by atoms with Crippen molar-refractivity contribution in [2.45, 2.75) is 19.8 Å². The van der Waals surface area contributed by atoms with E-state index in [0.29, 0.717) is 24.7 Å². The standard InChI is InChI=1S/C19H24N2O3/c1-4-23-19(22)16-10-11-18(20-14-16)24-12-6-8-15-7-5-9-17(13-15)21(2)3/h5,7,9-11,13-14H,4,6,8,12H2,1-3H3. The summed E-state index contributed by atoms with van der Waals surface area (Å²) in [6.45, 7) is 2.71. The highest BCUT2D eigenvalue weighted by atomic mass is 16.5.